The number of carbonyl (C=O) groups excluding carboxylic acids is 1. The van der Waals surface area contributed by atoms with E-state index in [0.29, 0.717) is 11.3 Å². The molecule has 0 saturated carbocycles. The zero-order chi connectivity index (χ0) is 13.8. The van der Waals surface area contributed by atoms with Gasteiger partial charge in [-0.2, -0.15) is 0 Å². The number of hydrogen-bond donors (Lipinski definition) is 0. The first-order valence-corrected chi connectivity index (χ1v) is 6.46. The highest BCUT2D eigenvalue weighted by atomic mass is 16.7. The van der Waals surface area contributed by atoms with Crippen LogP contribution in [0.3, 0.4) is 0 Å². The summed E-state index contributed by atoms with van der Waals surface area (Å²) in [6.07, 6.45) is 0. The van der Waals surface area contributed by atoms with Gasteiger partial charge < -0.3 is 14.0 Å². The Labute approximate surface area is 113 Å². The average Bonchev–Trinajstić information content (AvgIpc) is 2.78. The molecule has 2 heterocycles. The molecule has 0 N–H and O–H groups in total. The molecule has 0 amide bonds. The lowest BCUT2D eigenvalue weighted by molar-refractivity contribution is 0.00578. The second-order valence-corrected chi connectivity index (χ2v) is 6.06. The van der Waals surface area contributed by atoms with E-state index in [1.165, 1.54) is 0 Å². The highest BCUT2D eigenvalue weighted by molar-refractivity contribution is 6.62. The Morgan fingerprint density at radius 2 is 1.74 bits per heavy atom. The summed E-state index contributed by atoms with van der Waals surface area (Å²) in [5.41, 5.74) is 0.785. The highest BCUT2D eigenvalue weighted by Gasteiger charge is 2.51. The zero-order valence-corrected chi connectivity index (χ0v) is 11.6. The first-order chi connectivity index (χ1) is 8.80. The van der Waals surface area contributed by atoms with Crippen LogP contribution in [0, 0.1) is 0 Å². The van der Waals surface area contributed by atoms with E-state index in [-0.39, 0.29) is 23.6 Å². The van der Waals surface area contributed by atoms with Crippen molar-refractivity contribution in [1.82, 2.24) is 0 Å². The van der Waals surface area contributed by atoms with Crippen molar-refractivity contribution in [3.8, 4) is 5.75 Å². The summed E-state index contributed by atoms with van der Waals surface area (Å²) in [6.45, 7) is 8.18. The highest BCUT2D eigenvalue weighted by Crippen LogP contribution is 2.37. The van der Waals surface area contributed by atoms with Gasteiger partial charge in [0.25, 0.3) is 0 Å². The molecule has 0 unspecified atom stereocenters. The number of ketones is 1. The molecule has 1 saturated heterocycles. The van der Waals surface area contributed by atoms with Crippen molar-refractivity contribution in [3.05, 3.63) is 23.8 Å². The molecule has 1 aromatic carbocycles. The average molecular weight is 260 g/mol. The molecule has 1 fully saturated rings. The molecule has 5 heteroatoms. The summed E-state index contributed by atoms with van der Waals surface area (Å²) in [7, 11) is -0.422. The molecule has 2 aliphatic heterocycles. The van der Waals surface area contributed by atoms with Crippen molar-refractivity contribution in [2.24, 2.45) is 0 Å². The van der Waals surface area contributed by atoms with E-state index in [1.54, 1.807) is 6.07 Å². The lowest BCUT2D eigenvalue weighted by atomic mass is 9.78. The molecule has 100 valence electrons. The van der Waals surface area contributed by atoms with E-state index >= 15 is 0 Å². The number of hydrogen-bond acceptors (Lipinski definition) is 4. The van der Waals surface area contributed by atoms with Gasteiger partial charge in [-0.15, -0.1) is 0 Å². The summed E-state index contributed by atoms with van der Waals surface area (Å²) < 4.78 is 17.3. The van der Waals surface area contributed by atoms with Gasteiger partial charge in [0, 0.05) is 0 Å². The van der Waals surface area contributed by atoms with Crippen molar-refractivity contribution in [2.75, 3.05) is 6.61 Å². The maximum atomic E-state index is 11.5. The fraction of sp³-hybridized carbons (Fsp3) is 0.500. The van der Waals surface area contributed by atoms with E-state index in [2.05, 4.69) is 0 Å². The van der Waals surface area contributed by atoms with Crippen LogP contribution in [0.25, 0.3) is 0 Å². The molecule has 0 bridgehead atoms. The molecule has 0 aromatic heterocycles. The van der Waals surface area contributed by atoms with E-state index in [0.717, 1.165) is 5.46 Å². The lowest BCUT2D eigenvalue weighted by Gasteiger charge is -2.32. The molecular formula is C14H17BO4. The molecule has 3 rings (SSSR count). The number of benzene rings is 1. The smallest absolute Gasteiger partial charge is 0.485 e. The van der Waals surface area contributed by atoms with E-state index in [4.69, 9.17) is 14.0 Å². The molecule has 4 nitrogen and oxygen atoms in total. The van der Waals surface area contributed by atoms with Gasteiger partial charge in [0.1, 0.15) is 5.75 Å². The van der Waals surface area contributed by atoms with Crippen LogP contribution in [-0.4, -0.2) is 30.7 Å². The Hall–Kier alpha value is -1.33. The largest absolute Gasteiger partial charge is 0.494 e. The minimum Gasteiger partial charge on any atom is -0.485 e. The number of rotatable bonds is 1. The quantitative estimate of drug-likeness (QED) is 0.719. The van der Waals surface area contributed by atoms with Gasteiger partial charge >= 0.3 is 7.12 Å². The van der Waals surface area contributed by atoms with Crippen LogP contribution in [-0.2, 0) is 9.31 Å². The molecule has 2 aliphatic rings. The van der Waals surface area contributed by atoms with Crippen LogP contribution in [0.15, 0.2) is 18.2 Å². The van der Waals surface area contributed by atoms with E-state index in [9.17, 15) is 4.79 Å². The van der Waals surface area contributed by atoms with Gasteiger partial charge in [0.15, 0.2) is 6.61 Å². The maximum absolute atomic E-state index is 11.5. The second-order valence-electron chi connectivity index (χ2n) is 6.06. The second kappa shape index (κ2) is 3.84. The van der Waals surface area contributed by atoms with Gasteiger partial charge in [-0.3, -0.25) is 4.79 Å². The van der Waals surface area contributed by atoms with Crippen LogP contribution < -0.4 is 10.2 Å². The molecule has 0 radical (unpaired) electrons. The number of carbonyl (C=O) groups is 1. The molecule has 0 aliphatic carbocycles. The summed E-state index contributed by atoms with van der Waals surface area (Å²) in [5.74, 6) is 0.646. The van der Waals surface area contributed by atoms with Gasteiger partial charge in [0.2, 0.25) is 5.78 Å². The van der Waals surface area contributed by atoms with Crippen LogP contribution in [0.5, 0.6) is 5.75 Å². The number of ether oxygens (including phenoxy) is 1. The Bertz CT molecular complexity index is 534. The molecule has 0 spiro atoms. The number of Topliss-reactive ketones (excluding diaryl/α,β-unsaturated/α-hetero) is 1. The Kier molecular flexibility index (Phi) is 2.56. The first kappa shape index (κ1) is 12.7. The van der Waals surface area contributed by atoms with Crippen molar-refractivity contribution in [3.63, 3.8) is 0 Å². The standard InChI is InChI=1S/C14H17BO4/c1-13(2)14(3,4)19-15(18-13)9-5-6-10-11(16)8-17-12(10)7-9/h5-7H,8H2,1-4H3. The van der Waals surface area contributed by atoms with E-state index < -0.39 is 7.12 Å². The van der Waals surface area contributed by atoms with Crippen LogP contribution in [0.4, 0.5) is 0 Å². The third-order valence-corrected chi connectivity index (χ3v) is 4.19. The van der Waals surface area contributed by atoms with Crippen molar-refractivity contribution >= 4 is 18.4 Å². The third kappa shape index (κ3) is 1.88. The molecular weight excluding hydrogens is 243 g/mol. The molecule has 0 atom stereocenters. The summed E-state index contributed by atoms with van der Waals surface area (Å²) in [4.78, 5) is 11.5. The van der Waals surface area contributed by atoms with Crippen molar-refractivity contribution < 1.29 is 18.8 Å². The molecule has 19 heavy (non-hydrogen) atoms. The van der Waals surface area contributed by atoms with Crippen molar-refractivity contribution in [2.45, 2.75) is 38.9 Å². The minimum atomic E-state index is -0.422. The van der Waals surface area contributed by atoms with Crippen LogP contribution >= 0.6 is 0 Å². The lowest BCUT2D eigenvalue weighted by Crippen LogP contribution is -2.41. The predicted octanol–water partition coefficient (Wildman–Crippen LogP) is 1.56. The fourth-order valence-corrected chi connectivity index (χ4v) is 2.24. The van der Waals surface area contributed by atoms with Gasteiger partial charge in [-0.05, 0) is 45.3 Å². The van der Waals surface area contributed by atoms with Crippen molar-refractivity contribution in [1.29, 1.82) is 0 Å². The van der Waals surface area contributed by atoms with E-state index in [1.807, 2.05) is 39.8 Å². The van der Waals surface area contributed by atoms with Crippen LogP contribution in [0.2, 0.25) is 0 Å². The maximum Gasteiger partial charge on any atom is 0.494 e. The monoisotopic (exact) mass is 260 g/mol. The summed E-state index contributed by atoms with van der Waals surface area (Å²) in [6, 6.07) is 5.49. The normalized spacial score (nSPS) is 23.4. The van der Waals surface area contributed by atoms with Gasteiger partial charge in [0.05, 0.1) is 16.8 Å². The Morgan fingerprint density at radius 3 is 2.37 bits per heavy atom. The first-order valence-electron chi connectivity index (χ1n) is 6.46. The van der Waals surface area contributed by atoms with Gasteiger partial charge in [-0.1, -0.05) is 6.07 Å². The Morgan fingerprint density at radius 1 is 1.11 bits per heavy atom. The zero-order valence-electron chi connectivity index (χ0n) is 11.6. The summed E-state index contributed by atoms with van der Waals surface area (Å²) >= 11 is 0. The van der Waals surface area contributed by atoms with Crippen LogP contribution in [0.1, 0.15) is 38.1 Å². The minimum absolute atomic E-state index is 0.0236. The SMILES string of the molecule is CC1(C)OB(c2ccc3c(c2)OCC3=O)OC1(C)C. The fourth-order valence-electron chi connectivity index (χ4n) is 2.24. The third-order valence-electron chi connectivity index (χ3n) is 4.19. The number of fused-ring (bicyclic) bond motifs is 1. The molecule has 1 aromatic rings. The van der Waals surface area contributed by atoms with Gasteiger partial charge in [-0.25, -0.2) is 0 Å². The topological polar surface area (TPSA) is 44.8 Å². The predicted molar refractivity (Wildman–Crippen MR) is 72.0 cm³/mol. The summed E-state index contributed by atoms with van der Waals surface area (Å²) in [5, 5.41) is 0. The Balaban J connectivity index is 1.91.